The molecule has 1 N–H and O–H groups in total. The fraction of sp³-hybridized carbons (Fsp3) is 0.867. The van der Waals surface area contributed by atoms with Crippen molar-refractivity contribution in [3.05, 3.63) is 0 Å². The number of aliphatic carboxylic acids is 1. The molecule has 5 nitrogen and oxygen atoms in total. The van der Waals surface area contributed by atoms with Gasteiger partial charge in [-0.1, -0.05) is 0 Å². The first kappa shape index (κ1) is 13.7. The minimum Gasteiger partial charge on any atom is -0.480 e. The molecule has 3 saturated carbocycles. The van der Waals surface area contributed by atoms with Crippen molar-refractivity contribution < 1.29 is 14.7 Å². The van der Waals surface area contributed by atoms with E-state index in [1.807, 2.05) is 4.90 Å². The van der Waals surface area contributed by atoms with Gasteiger partial charge in [0.15, 0.2) is 0 Å². The Morgan fingerprint density at radius 1 is 1.14 bits per heavy atom. The fourth-order valence-electron chi connectivity index (χ4n) is 3.20. The summed E-state index contributed by atoms with van der Waals surface area (Å²) in [7, 11) is 0. The summed E-state index contributed by atoms with van der Waals surface area (Å²) >= 11 is 1.67. The average Bonchev–Trinajstić information content (AvgIpc) is 3.31. The van der Waals surface area contributed by atoms with Crippen molar-refractivity contribution in [3.8, 4) is 0 Å². The van der Waals surface area contributed by atoms with E-state index in [0.29, 0.717) is 23.6 Å². The summed E-state index contributed by atoms with van der Waals surface area (Å²) in [5.74, 6) is 0.878. The zero-order chi connectivity index (χ0) is 14.6. The van der Waals surface area contributed by atoms with E-state index in [1.165, 1.54) is 12.8 Å². The number of amides is 2. The Labute approximate surface area is 129 Å². The summed E-state index contributed by atoms with van der Waals surface area (Å²) in [5, 5.41) is 9.55. The lowest BCUT2D eigenvalue weighted by molar-refractivity contribution is -0.141. The number of carbonyl (C=O) groups excluding carboxylic acids is 1. The Kier molecular flexibility index (Phi) is 3.32. The number of rotatable bonds is 5. The van der Waals surface area contributed by atoms with Crippen LogP contribution in [-0.4, -0.2) is 56.7 Å². The molecule has 1 saturated heterocycles. The van der Waals surface area contributed by atoms with Crippen LogP contribution in [0.2, 0.25) is 0 Å². The lowest BCUT2D eigenvalue weighted by Crippen LogP contribution is -2.53. The highest BCUT2D eigenvalue weighted by Crippen LogP contribution is 2.46. The molecular formula is C15H22N2O3S. The van der Waals surface area contributed by atoms with E-state index in [1.54, 1.807) is 16.7 Å². The highest BCUT2D eigenvalue weighted by atomic mass is 32.2. The van der Waals surface area contributed by atoms with Crippen molar-refractivity contribution >= 4 is 23.8 Å². The lowest BCUT2D eigenvalue weighted by atomic mass is 10.2. The third-order valence-electron chi connectivity index (χ3n) is 4.95. The van der Waals surface area contributed by atoms with E-state index in [0.717, 1.165) is 32.2 Å². The maximum absolute atomic E-state index is 13.0. The average molecular weight is 310 g/mol. The van der Waals surface area contributed by atoms with Gasteiger partial charge >= 0.3 is 12.0 Å². The molecule has 0 bridgehead atoms. The second kappa shape index (κ2) is 5.07. The maximum Gasteiger partial charge on any atom is 0.327 e. The minimum atomic E-state index is -0.846. The fourth-order valence-corrected chi connectivity index (χ4v) is 4.83. The summed E-state index contributed by atoms with van der Waals surface area (Å²) in [4.78, 5) is 28.3. The van der Waals surface area contributed by atoms with Gasteiger partial charge in [0.05, 0.1) is 5.37 Å². The molecule has 116 valence electrons. The molecule has 2 atom stereocenters. The molecule has 0 spiro atoms. The van der Waals surface area contributed by atoms with E-state index < -0.39 is 12.0 Å². The Balaban J connectivity index is 1.54. The van der Waals surface area contributed by atoms with Gasteiger partial charge in [-0.3, -0.25) is 4.90 Å². The zero-order valence-corrected chi connectivity index (χ0v) is 12.9. The summed E-state index contributed by atoms with van der Waals surface area (Å²) in [6.07, 6.45) is 6.90. The molecule has 21 heavy (non-hydrogen) atoms. The molecular weight excluding hydrogens is 288 g/mol. The molecule has 6 heteroatoms. The quantitative estimate of drug-likeness (QED) is 0.846. The van der Waals surface area contributed by atoms with Gasteiger partial charge in [0, 0.05) is 18.3 Å². The van der Waals surface area contributed by atoms with Crippen LogP contribution in [-0.2, 0) is 4.79 Å². The number of hydrogen-bond acceptors (Lipinski definition) is 3. The lowest BCUT2D eigenvalue weighted by Gasteiger charge is -2.34. The number of carbonyl (C=O) groups is 2. The van der Waals surface area contributed by atoms with Gasteiger partial charge in [0.1, 0.15) is 6.04 Å². The van der Waals surface area contributed by atoms with Crippen LogP contribution in [0.25, 0.3) is 0 Å². The largest absolute Gasteiger partial charge is 0.480 e. The molecule has 0 aromatic carbocycles. The third kappa shape index (κ3) is 2.74. The summed E-state index contributed by atoms with van der Waals surface area (Å²) in [5.41, 5.74) is 0. The Bertz CT molecular complexity index is 460. The molecule has 4 aliphatic rings. The molecule has 0 radical (unpaired) electrons. The van der Waals surface area contributed by atoms with Gasteiger partial charge in [0.2, 0.25) is 0 Å². The monoisotopic (exact) mass is 310 g/mol. The molecule has 3 aliphatic carbocycles. The smallest absolute Gasteiger partial charge is 0.327 e. The number of thioether (sulfide) groups is 1. The van der Waals surface area contributed by atoms with Gasteiger partial charge in [0.25, 0.3) is 0 Å². The number of hydrogen-bond donors (Lipinski definition) is 1. The highest BCUT2D eigenvalue weighted by Gasteiger charge is 2.51. The molecule has 2 amide bonds. The van der Waals surface area contributed by atoms with E-state index in [9.17, 15) is 14.7 Å². The van der Waals surface area contributed by atoms with Crippen LogP contribution in [0.4, 0.5) is 4.79 Å². The molecule has 2 unspecified atom stereocenters. The van der Waals surface area contributed by atoms with Crippen molar-refractivity contribution in [2.24, 2.45) is 11.8 Å². The van der Waals surface area contributed by atoms with E-state index in [-0.39, 0.29) is 11.4 Å². The molecule has 4 rings (SSSR count). The van der Waals surface area contributed by atoms with Gasteiger partial charge in [-0.25, -0.2) is 9.59 Å². The topological polar surface area (TPSA) is 60.9 Å². The number of nitrogens with zero attached hydrogens (tertiary/aromatic N) is 2. The van der Waals surface area contributed by atoms with E-state index in [2.05, 4.69) is 0 Å². The van der Waals surface area contributed by atoms with Crippen LogP contribution in [0.15, 0.2) is 0 Å². The Hall–Kier alpha value is -0.910. The van der Waals surface area contributed by atoms with Crippen molar-refractivity contribution in [1.82, 2.24) is 9.80 Å². The van der Waals surface area contributed by atoms with Crippen molar-refractivity contribution in [1.29, 1.82) is 0 Å². The van der Waals surface area contributed by atoms with E-state index in [4.69, 9.17) is 0 Å². The molecule has 0 aromatic rings. The maximum atomic E-state index is 13.0. The van der Waals surface area contributed by atoms with Crippen LogP contribution < -0.4 is 0 Å². The van der Waals surface area contributed by atoms with Gasteiger partial charge < -0.3 is 10.0 Å². The minimum absolute atomic E-state index is 0.00120. The van der Waals surface area contributed by atoms with Crippen LogP contribution in [0, 0.1) is 11.8 Å². The molecule has 4 fully saturated rings. The number of carboxylic acids is 1. The van der Waals surface area contributed by atoms with Crippen molar-refractivity contribution in [2.45, 2.75) is 56.0 Å². The molecule has 0 aromatic heterocycles. The SMILES string of the molecule is O=C(O)C1CSC(C2CC2)N1C(=O)N(CC1CC1)C1CC1. The Morgan fingerprint density at radius 2 is 1.86 bits per heavy atom. The normalized spacial score (nSPS) is 32.3. The first-order valence-electron chi connectivity index (χ1n) is 8.08. The Morgan fingerprint density at radius 3 is 2.38 bits per heavy atom. The predicted molar refractivity (Wildman–Crippen MR) is 80.1 cm³/mol. The third-order valence-corrected chi connectivity index (χ3v) is 6.41. The first-order valence-corrected chi connectivity index (χ1v) is 9.13. The van der Waals surface area contributed by atoms with Gasteiger partial charge in [-0.05, 0) is 50.4 Å². The standard InChI is InChI=1S/C15H22N2O3S/c18-14(19)12-8-21-13(10-3-4-10)17(12)15(20)16(11-5-6-11)7-9-1-2-9/h9-13H,1-8H2,(H,18,19). The molecule has 1 heterocycles. The zero-order valence-electron chi connectivity index (χ0n) is 12.1. The predicted octanol–water partition coefficient (Wildman–Crippen LogP) is 2.22. The summed E-state index contributed by atoms with van der Waals surface area (Å²) in [6, 6.07) is -0.259. The second-order valence-corrected chi connectivity index (χ2v) is 8.08. The van der Waals surface area contributed by atoms with Gasteiger partial charge in [-0.15, -0.1) is 11.8 Å². The second-order valence-electron chi connectivity index (χ2n) is 6.93. The van der Waals surface area contributed by atoms with Crippen LogP contribution in [0.3, 0.4) is 0 Å². The number of urea groups is 1. The van der Waals surface area contributed by atoms with Crippen molar-refractivity contribution in [3.63, 3.8) is 0 Å². The van der Waals surface area contributed by atoms with Gasteiger partial charge in [-0.2, -0.15) is 0 Å². The number of carboxylic acid groups (broad SMARTS) is 1. The van der Waals surface area contributed by atoms with Crippen LogP contribution in [0.1, 0.15) is 38.5 Å². The van der Waals surface area contributed by atoms with Crippen molar-refractivity contribution in [2.75, 3.05) is 12.3 Å². The van der Waals surface area contributed by atoms with E-state index >= 15 is 0 Å². The molecule has 1 aliphatic heterocycles. The first-order chi connectivity index (χ1) is 10.1. The summed E-state index contributed by atoms with van der Waals surface area (Å²) in [6.45, 7) is 0.842. The highest BCUT2D eigenvalue weighted by molar-refractivity contribution is 8.00. The van der Waals surface area contributed by atoms with Crippen LogP contribution >= 0.6 is 11.8 Å². The van der Waals surface area contributed by atoms with Crippen LogP contribution in [0.5, 0.6) is 0 Å². The summed E-state index contributed by atoms with van der Waals surface area (Å²) < 4.78 is 0.